The van der Waals surface area contributed by atoms with Crippen molar-refractivity contribution in [1.29, 1.82) is 0 Å². The van der Waals surface area contributed by atoms with E-state index in [-0.39, 0.29) is 6.61 Å². The molecule has 0 aliphatic carbocycles. The number of rotatable bonds is 4. The van der Waals surface area contributed by atoms with Crippen LogP contribution in [-0.4, -0.2) is 62.4 Å². The van der Waals surface area contributed by atoms with Gasteiger partial charge in [0.05, 0.1) is 13.2 Å². The summed E-state index contributed by atoms with van der Waals surface area (Å²) in [7, 11) is 0. The van der Waals surface area contributed by atoms with Gasteiger partial charge in [0.2, 0.25) is 0 Å². The Bertz CT molecular complexity index is 666. The molecule has 0 saturated carbocycles. The fraction of sp³-hybridized carbons (Fsp3) is 0.583. The van der Waals surface area contributed by atoms with Crippen molar-refractivity contribution in [1.82, 2.24) is 9.55 Å². The van der Waals surface area contributed by atoms with Crippen LogP contribution in [0.25, 0.3) is 0 Å². The minimum atomic E-state index is -1.52. The van der Waals surface area contributed by atoms with Crippen LogP contribution in [0.15, 0.2) is 15.8 Å². The first-order chi connectivity index (χ1) is 10.4. The Morgan fingerprint density at radius 2 is 2.09 bits per heavy atom. The number of ether oxygens (including phenoxy) is 2. The zero-order valence-electron chi connectivity index (χ0n) is 11.6. The van der Waals surface area contributed by atoms with Crippen molar-refractivity contribution in [2.24, 2.45) is 0 Å². The Morgan fingerprint density at radius 3 is 2.64 bits per heavy atom. The Balaban J connectivity index is 2.44. The van der Waals surface area contributed by atoms with Crippen LogP contribution < -0.4 is 11.2 Å². The summed E-state index contributed by atoms with van der Waals surface area (Å²) in [6.45, 7) is 1.01. The first-order valence-corrected chi connectivity index (χ1v) is 6.55. The lowest BCUT2D eigenvalue weighted by atomic mass is 10.1. The Morgan fingerprint density at radius 1 is 1.41 bits per heavy atom. The predicted molar refractivity (Wildman–Crippen MR) is 70.3 cm³/mol. The molecule has 4 N–H and O–H groups in total. The summed E-state index contributed by atoms with van der Waals surface area (Å²) in [5.74, 6) is -0.941. The normalized spacial score (nSPS) is 27.8. The van der Waals surface area contributed by atoms with Crippen LogP contribution in [0.2, 0.25) is 0 Å². The highest BCUT2D eigenvalue weighted by atomic mass is 16.6. The monoisotopic (exact) mass is 316 g/mol. The molecule has 2 heterocycles. The van der Waals surface area contributed by atoms with E-state index in [1.165, 1.54) is 0 Å². The highest BCUT2D eigenvalue weighted by Crippen LogP contribution is 2.27. The van der Waals surface area contributed by atoms with Gasteiger partial charge in [-0.25, -0.2) is 9.59 Å². The zero-order chi connectivity index (χ0) is 16.4. The molecule has 0 aromatic carbocycles. The van der Waals surface area contributed by atoms with Gasteiger partial charge in [0, 0.05) is 6.20 Å². The molecular formula is C12H16N2O8. The summed E-state index contributed by atoms with van der Waals surface area (Å²) in [4.78, 5) is 37.0. The lowest BCUT2D eigenvalue weighted by molar-refractivity contribution is -0.0551. The molecule has 10 nitrogen and oxygen atoms in total. The number of nitrogens with one attached hydrogen (secondary N) is 1. The summed E-state index contributed by atoms with van der Waals surface area (Å²) in [5.41, 5.74) is -2.32. The smallest absolute Gasteiger partial charge is 0.345 e. The molecule has 0 unspecified atom stereocenters. The first-order valence-electron chi connectivity index (χ1n) is 6.55. The fourth-order valence-corrected chi connectivity index (χ4v) is 2.14. The molecule has 122 valence electrons. The topological polar surface area (TPSA) is 151 Å². The number of aromatic amines is 1. The van der Waals surface area contributed by atoms with Gasteiger partial charge in [0.15, 0.2) is 6.23 Å². The minimum absolute atomic E-state index is 0.0330. The number of hydrogen-bond donors (Lipinski definition) is 4. The molecule has 1 aliphatic rings. The summed E-state index contributed by atoms with van der Waals surface area (Å²) >= 11 is 0. The molecule has 1 aliphatic heterocycles. The van der Waals surface area contributed by atoms with Gasteiger partial charge >= 0.3 is 11.7 Å². The lowest BCUT2D eigenvalue weighted by Gasteiger charge is -2.17. The van der Waals surface area contributed by atoms with Gasteiger partial charge in [0.1, 0.15) is 23.9 Å². The molecule has 4 atom stereocenters. The maximum atomic E-state index is 11.8. The van der Waals surface area contributed by atoms with Crippen LogP contribution in [0.5, 0.6) is 0 Å². The number of hydrogen-bond acceptors (Lipinski definition) is 8. The number of H-pyrrole nitrogens is 1. The van der Waals surface area contributed by atoms with Crippen LogP contribution in [0.4, 0.5) is 0 Å². The van der Waals surface area contributed by atoms with E-state index in [0.717, 1.165) is 10.8 Å². The van der Waals surface area contributed by atoms with Crippen molar-refractivity contribution in [3.63, 3.8) is 0 Å². The first kappa shape index (κ1) is 16.4. The van der Waals surface area contributed by atoms with Crippen LogP contribution in [0.1, 0.15) is 23.5 Å². The van der Waals surface area contributed by atoms with Crippen molar-refractivity contribution < 1.29 is 29.6 Å². The van der Waals surface area contributed by atoms with Gasteiger partial charge in [-0.2, -0.15) is 0 Å². The van der Waals surface area contributed by atoms with E-state index in [9.17, 15) is 24.6 Å². The number of esters is 1. The molecule has 2 rings (SSSR count). The molecule has 1 aromatic heterocycles. The van der Waals surface area contributed by atoms with E-state index in [2.05, 4.69) is 4.74 Å². The molecular weight excluding hydrogens is 300 g/mol. The van der Waals surface area contributed by atoms with E-state index in [4.69, 9.17) is 9.84 Å². The van der Waals surface area contributed by atoms with Crippen LogP contribution in [-0.2, 0) is 9.47 Å². The van der Waals surface area contributed by atoms with Gasteiger partial charge in [-0.05, 0) is 6.92 Å². The molecule has 22 heavy (non-hydrogen) atoms. The standard InChI is InChI=1S/C12H16N2O8/c1-2-21-11(19)5-3-14(12(20)13-9(5)18)10-8(17)7(16)6(4-15)22-10/h3,6-8,10,15-17H,2,4H2,1H3,(H,13,18,20)/t6-,7-,8-,10-/m1/s1. The Kier molecular flexibility index (Phi) is 4.76. The number of aliphatic hydroxyl groups is 3. The fourth-order valence-electron chi connectivity index (χ4n) is 2.14. The molecule has 0 amide bonds. The largest absolute Gasteiger partial charge is 0.462 e. The number of carbonyl (C=O) groups is 1. The van der Waals surface area contributed by atoms with Crippen LogP contribution in [0, 0.1) is 0 Å². The maximum absolute atomic E-state index is 11.8. The second-order valence-electron chi connectivity index (χ2n) is 4.66. The van der Waals surface area contributed by atoms with Gasteiger partial charge in [0.25, 0.3) is 5.56 Å². The van der Waals surface area contributed by atoms with Crippen molar-refractivity contribution in [3.8, 4) is 0 Å². The van der Waals surface area contributed by atoms with Gasteiger partial charge in [-0.1, -0.05) is 0 Å². The van der Waals surface area contributed by atoms with E-state index >= 15 is 0 Å². The van der Waals surface area contributed by atoms with Gasteiger partial charge in [-0.3, -0.25) is 14.3 Å². The third-order valence-corrected chi connectivity index (χ3v) is 3.25. The highest BCUT2D eigenvalue weighted by molar-refractivity contribution is 5.88. The van der Waals surface area contributed by atoms with E-state index in [1.807, 2.05) is 4.98 Å². The number of nitrogens with zero attached hydrogens (tertiary/aromatic N) is 1. The van der Waals surface area contributed by atoms with E-state index in [0.29, 0.717) is 0 Å². The molecule has 1 aromatic rings. The highest BCUT2D eigenvalue weighted by Gasteiger charge is 2.44. The summed E-state index contributed by atoms with van der Waals surface area (Å²) in [6.07, 6.45) is -4.50. The quantitative estimate of drug-likeness (QED) is 0.439. The SMILES string of the molecule is CCOC(=O)c1cn([C@@H]2O[C@H](CO)[C@@H](O)[C@H]2O)c(=O)[nH]c1=O. The summed E-state index contributed by atoms with van der Waals surface area (Å²) in [5, 5.41) is 28.6. The van der Waals surface area contributed by atoms with Gasteiger partial charge in [-0.15, -0.1) is 0 Å². The van der Waals surface area contributed by atoms with Crippen molar-refractivity contribution >= 4 is 5.97 Å². The molecule has 1 saturated heterocycles. The number of aliphatic hydroxyl groups excluding tert-OH is 3. The van der Waals surface area contributed by atoms with Crippen molar-refractivity contribution in [2.75, 3.05) is 13.2 Å². The minimum Gasteiger partial charge on any atom is -0.462 e. The number of aromatic nitrogens is 2. The maximum Gasteiger partial charge on any atom is 0.345 e. The third kappa shape index (κ3) is 2.81. The summed E-state index contributed by atoms with van der Waals surface area (Å²) < 4.78 is 10.6. The molecule has 1 fully saturated rings. The van der Waals surface area contributed by atoms with Gasteiger partial charge < -0.3 is 24.8 Å². The van der Waals surface area contributed by atoms with E-state index < -0.39 is 53.9 Å². The average molecular weight is 316 g/mol. The molecule has 10 heteroatoms. The molecule has 0 spiro atoms. The van der Waals surface area contributed by atoms with Crippen LogP contribution in [0.3, 0.4) is 0 Å². The number of carbonyl (C=O) groups excluding carboxylic acids is 1. The molecule has 0 radical (unpaired) electrons. The van der Waals surface area contributed by atoms with E-state index in [1.54, 1.807) is 6.92 Å². The van der Waals surface area contributed by atoms with Crippen molar-refractivity contribution in [3.05, 3.63) is 32.6 Å². The van der Waals surface area contributed by atoms with Crippen LogP contribution >= 0.6 is 0 Å². The lowest BCUT2D eigenvalue weighted by Crippen LogP contribution is -2.39. The second kappa shape index (κ2) is 6.40. The molecule has 0 bridgehead atoms. The third-order valence-electron chi connectivity index (χ3n) is 3.25. The average Bonchev–Trinajstić information content (AvgIpc) is 2.75. The predicted octanol–water partition coefficient (Wildman–Crippen LogP) is -2.68. The zero-order valence-corrected chi connectivity index (χ0v) is 11.6. The summed E-state index contributed by atoms with van der Waals surface area (Å²) in [6, 6.07) is 0. The Hall–Kier alpha value is -2.01. The Labute approximate surface area is 123 Å². The second-order valence-corrected chi connectivity index (χ2v) is 4.66. The van der Waals surface area contributed by atoms with Crippen molar-refractivity contribution in [2.45, 2.75) is 31.5 Å².